The fourth-order valence-corrected chi connectivity index (χ4v) is 2.74. The fourth-order valence-electron chi connectivity index (χ4n) is 2.74. The van der Waals surface area contributed by atoms with Crippen molar-refractivity contribution in [2.24, 2.45) is 4.99 Å². The van der Waals surface area contributed by atoms with Gasteiger partial charge in [-0.15, -0.1) is 0 Å². The third-order valence-corrected chi connectivity index (χ3v) is 3.96. The molecule has 0 saturated carbocycles. The summed E-state index contributed by atoms with van der Waals surface area (Å²) in [7, 11) is 1.43. The number of ketones is 2. The smallest absolute Gasteiger partial charge is 0.303 e. The van der Waals surface area contributed by atoms with Crippen molar-refractivity contribution < 1.29 is 24.2 Å². The minimum absolute atomic E-state index is 0.0898. The van der Waals surface area contributed by atoms with Crippen LogP contribution in [0.25, 0.3) is 11.1 Å². The van der Waals surface area contributed by atoms with Gasteiger partial charge in [0.1, 0.15) is 0 Å². The number of benzene rings is 2. The van der Waals surface area contributed by atoms with Gasteiger partial charge in [0.2, 0.25) is 11.6 Å². The van der Waals surface area contributed by atoms with Gasteiger partial charge in [-0.25, -0.2) is 4.99 Å². The Labute approximate surface area is 143 Å². The van der Waals surface area contributed by atoms with Gasteiger partial charge < -0.3 is 9.84 Å². The maximum atomic E-state index is 12.3. The molecule has 126 valence electrons. The zero-order valence-electron chi connectivity index (χ0n) is 13.5. The predicted octanol–water partition coefficient (Wildman–Crippen LogP) is 3.27. The molecule has 0 saturated heterocycles. The highest BCUT2D eigenvalue weighted by Gasteiger charge is 2.30. The topological polar surface area (TPSA) is 93.0 Å². The summed E-state index contributed by atoms with van der Waals surface area (Å²) in [6, 6.07) is 11.8. The van der Waals surface area contributed by atoms with Crippen molar-refractivity contribution in [3.63, 3.8) is 0 Å². The maximum Gasteiger partial charge on any atom is 0.303 e. The second-order valence-corrected chi connectivity index (χ2v) is 5.54. The van der Waals surface area contributed by atoms with E-state index in [0.29, 0.717) is 27.9 Å². The molecule has 0 atom stereocenters. The Balaban J connectivity index is 2.04. The summed E-state index contributed by atoms with van der Waals surface area (Å²) in [5.74, 6) is -1.71. The van der Waals surface area contributed by atoms with Crippen molar-refractivity contribution in [3.05, 3.63) is 53.6 Å². The molecule has 6 nitrogen and oxygen atoms in total. The number of carboxylic acids is 1. The summed E-state index contributed by atoms with van der Waals surface area (Å²) in [4.78, 5) is 39.5. The monoisotopic (exact) mass is 337 g/mol. The Kier molecular flexibility index (Phi) is 4.43. The SMILES string of the molecule is COC(CCC(=O)O)=Nc1ccc2c(c1)-c1ccccc1C(=O)C2=O. The highest BCUT2D eigenvalue weighted by atomic mass is 16.5. The average Bonchev–Trinajstić information content (AvgIpc) is 2.63. The summed E-state index contributed by atoms with van der Waals surface area (Å²) in [5, 5.41) is 8.77. The molecule has 0 radical (unpaired) electrons. The van der Waals surface area contributed by atoms with Crippen molar-refractivity contribution in [2.45, 2.75) is 12.8 Å². The van der Waals surface area contributed by atoms with Gasteiger partial charge in [-0.1, -0.05) is 24.3 Å². The molecule has 0 unspecified atom stereocenters. The van der Waals surface area contributed by atoms with Gasteiger partial charge in [-0.3, -0.25) is 14.4 Å². The fraction of sp³-hybridized carbons (Fsp3) is 0.158. The van der Waals surface area contributed by atoms with Crippen LogP contribution in [0.2, 0.25) is 0 Å². The van der Waals surface area contributed by atoms with E-state index in [2.05, 4.69) is 4.99 Å². The zero-order chi connectivity index (χ0) is 18.0. The van der Waals surface area contributed by atoms with Crippen molar-refractivity contribution in [1.29, 1.82) is 0 Å². The summed E-state index contributed by atoms with van der Waals surface area (Å²) in [6.07, 6.45) is 0.0738. The number of carbonyl (C=O) groups is 3. The lowest BCUT2D eigenvalue weighted by Crippen LogP contribution is -2.20. The summed E-state index contributed by atoms with van der Waals surface area (Å²) in [5.41, 5.74) is 2.56. The number of nitrogens with zero attached hydrogens (tertiary/aromatic N) is 1. The number of methoxy groups -OCH3 is 1. The molecule has 2 aromatic carbocycles. The number of hydrogen-bond donors (Lipinski definition) is 1. The van der Waals surface area contributed by atoms with E-state index in [1.807, 2.05) is 0 Å². The lowest BCUT2D eigenvalue weighted by molar-refractivity contribution is -0.136. The highest BCUT2D eigenvalue weighted by Crippen LogP contribution is 2.35. The first-order valence-corrected chi connectivity index (χ1v) is 7.67. The summed E-state index contributed by atoms with van der Waals surface area (Å²) < 4.78 is 5.12. The molecule has 0 bridgehead atoms. The van der Waals surface area contributed by atoms with Crippen molar-refractivity contribution >= 4 is 29.1 Å². The van der Waals surface area contributed by atoms with Gasteiger partial charge in [0.05, 0.1) is 19.2 Å². The Morgan fingerprint density at radius 2 is 1.60 bits per heavy atom. The van der Waals surface area contributed by atoms with Crippen LogP contribution in [0.4, 0.5) is 5.69 Å². The van der Waals surface area contributed by atoms with Gasteiger partial charge >= 0.3 is 5.97 Å². The van der Waals surface area contributed by atoms with Crippen LogP contribution in [0.1, 0.15) is 33.6 Å². The van der Waals surface area contributed by atoms with E-state index in [-0.39, 0.29) is 18.7 Å². The Bertz CT molecular complexity index is 914. The zero-order valence-corrected chi connectivity index (χ0v) is 13.5. The van der Waals surface area contributed by atoms with Crippen LogP contribution >= 0.6 is 0 Å². The molecular formula is C19H15NO5. The van der Waals surface area contributed by atoms with Crippen molar-refractivity contribution in [1.82, 2.24) is 0 Å². The first-order valence-electron chi connectivity index (χ1n) is 7.67. The molecular weight excluding hydrogens is 322 g/mol. The molecule has 6 heteroatoms. The van der Waals surface area contributed by atoms with Crippen LogP contribution in [0, 0.1) is 0 Å². The Morgan fingerprint density at radius 3 is 2.24 bits per heavy atom. The molecule has 0 aromatic heterocycles. The minimum Gasteiger partial charge on any atom is -0.484 e. The molecule has 0 spiro atoms. The molecule has 1 aliphatic carbocycles. The largest absolute Gasteiger partial charge is 0.484 e. The number of aliphatic carboxylic acids is 1. The number of carboxylic acid groups (broad SMARTS) is 1. The normalized spacial score (nSPS) is 13.2. The number of ether oxygens (including phenoxy) is 1. The van der Waals surface area contributed by atoms with Gasteiger partial charge in [0, 0.05) is 17.5 Å². The highest BCUT2D eigenvalue weighted by molar-refractivity contribution is 6.53. The van der Waals surface area contributed by atoms with Crippen LogP contribution < -0.4 is 0 Å². The Morgan fingerprint density at radius 1 is 0.960 bits per heavy atom. The average molecular weight is 337 g/mol. The summed E-state index contributed by atoms with van der Waals surface area (Å²) >= 11 is 0. The quantitative estimate of drug-likeness (QED) is 0.525. The van der Waals surface area contributed by atoms with E-state index in [1.54, 1.807) is 42.5 Å². The van der Waals surface area contributed by atoms with E-state index in [0.717, 1.165) is 0 Å². The number of aliphatic imine (C=N–C) groups is 1. The molecule has 0 fully saturated rings. The van der Waals surface area contributed by atoms with Crippen LogP contribution in [0.5, 0.6) is 0 Å². The first-order chi connectivity index (χ1) is 12.0. The second kappa shape index (κ2) is 6.68. The first kappa shape index (κ1) is 16.6. The van der Waals surface area contributed by atoms with Gasteiger partial charge in [-0.2, -0.15) is 0 Å². The molecule has 25 heavy (non-hydrogen) atoms. The maximum absolute atomic E-state index is 12.3. The molecule has 3 rings (SSSR count). The van der Waals surface area contributed by atoms with Crippen LogP contribution in [0.3, 0.4) is 0 Å². The number of Topliss-reactive ketones (excluding diaryl/α,β-unsaturated/α-hetero) is 2. The van der Waals surface area contributed by atoms with E-state index >= 15 is 0 Å². The molecule has 1 N–H and O–H groups in total. The summed E-state index contributed by atoms with van der Waals surface area (Å²) in [6.45, 7) is 0. The van der Waals surface area contributed by atoms with E-state index in [1.165, 1.54) is 7.11 Å². The van der Waals surface area contributed by atoms with Crippen molar-refractivity contribution in [3.8, 4) is 11.1 Å². The van der Waals surface area contributed by atoms with Gasteiger partial charge in [-0.05, 0) is 29.3 Å². The third kappa shape index (κ3) is 3.19. The van der Waals surface area contributed by atoms with Crippen LogP contribution in [0.15, 0.2) is 47.5 Å². The minimum atomic E-state index is -0.937. The second-order valence-electron chi connectivity index (χ2n) is 5.54. The number of carbonyl (C=O) groups excluding carboxylic acids is 2. The van der Waals surface area contributed by atoms with Gasteiger partial charge in [0.15, 0.2) is 5.90 Å². The van der Waals surface area contributed by atoms with E-state index < -0.39 is 17.5 Å². The van der Waals surface area contributed by atoms with Crippen LogP contribution in [-0.2, 0) is 9.53 Å². The third-order valence-electron chi connectivity index (χ3n) is 3.96. The standard InChI is InChI=1S/C19H15NO5/c1-25-16(8-9-17(21)22)20-11-6-7-14-15(10-11)12-4-2-3-5-13(12)18(23)19(14)24/h2-7,10H,8-9H2,1H3,(H,21,22). The predicted molar refractivity (Wildman–Crippen MR) is 91.5 cm³/mol. The molecule has 2 aromatic rings. The molecule has 1 aliphatic rings. The Hall–Kier alpha value is -3.28. The number of fused-ring (bicyclic) bond motifs is 3. The van der Waals surface area contributed by atoms with E-state index in [9.17, 15) is 14.4 Å². The molecule has 0 amide bonds. The van der Waals surface area contributed by atoms with Crippen molar-refractivity contribution in [2.75, 3.05) is 7.11 Å². The lowest BCUT2D eigenvalue weighted by Gasteiger charge is -2.18. The number of hydrogen-bond acceptors (Lipinski definition) is 5. The van der Waals surface area contributed by atoms with Crippen LogP contribution in [-0.4, -0.2) is 35.6 Å². The van der Waals surface area contributed by atoms with E-state index in [4.69, 9.17) is 9.84 Å². The number of rotatable bonds is 4. The molecule has 0 aliphatic heterocycles. The lowest BCUT2D eigenvalue weighted by atomic mass is 9.84. The van der Waals surface area contributed by atoms with Gasteiger partial charge in [0.25, 0.3) is 0 Å². The molecule has 0 heterocycles.